The molecule has 0 atom stereocenters. The molecular weight excluding hydrogens is 368 g/mol. The molecule has 0 spiro atoms. The van der Waals surface area contributed by atoms with E-state index in [4.69, 9.17) is 9.47 Å². The van der Waals surface area contributed by atoms with Crippen molar-refractivity contribution in [1.29, 1.82) is 0 Å². The highest BCUT2D eigenvalue weighted by Gasteiger charge is 2.24. The average Bonchev–Trinajstić information content (AvgIpc) is 3.15. The molecule has 144 valence electrons. The van der Waals surface area contributed by atoms with Gasteiger partial charge in [0.25, 0.3) is 0 Å². The van der Waals surface area contributed by atoms with Crippen molar-refractivity contribution in [2.45, 2.75) is 6.42 Å². The van der Waals surface area contributed by atoms with Gasteiger partial charge < -0.3 is 19.7 Å². The van der Waals surface area contributed by atoms with E-state index >= 15 is 0 Å². The second kappa shape index (κ2) is 7.78. The maximum absolute atomic E-state index is 11.9. The molecule has 0 unspecified atom stereocenters. The van der Waals surface area contributed by atoms with Crippen LogP contribution in [0.25, 0.3) is 16.6 Å². The molecule has 0 saturated carbocycles. The number of hydrogen-bond acceptors (Lipinski definition) is 7. The zero-order valence-corrected chi connectivity index (χ0v) is 15.0. The van der Waals surface area contributed by atoms with Gasteiger partial charge in [-0.25, -0.2) is 14.2 Å². The molecule has 1 heterocycles. The fraction of sp³-hybridized carbons (Fsp3) is 0.158. The summed E-state index contributed by atoms with van der Waals surface area (Å²) in [7, 11) is 2.93. The lowest BCUT2D eigenvalue weighted by atomic mass is 9.94. The molecule has 1 aromatic heterocycles. The topological polar surface area (TPSA) is 132 Å². The van der Waals surface area contributed by atoms with Gasteiger partial charge in [0.1, 0.15) is 22.5 Å². The smallest absolute Gasteiger partial charge is 0.336 e. The lowest BCUT2D eigenvalue weighted by Crippen LogP contribution is -2.13. The van der Waals surface area contributed by atoms with Crippen molar-refractivity contribution in [2.24, 2.45) is 0 Å². The molecule has 0 aliphatic carbocycles. The first-order valence-electron chi connectivity index (χ1n) is 8.08. The number of carbonyl (C=O) groups is 2. The van der Waals surface area contributed by atoms with Crippen molar-refractivity contribution >= 4 is 28.5 Å². The van der Waals surface area contributed by atoms with Crippen molar-refractivity contribution in [3.63, 3.8) is 0 Å². The maximum atomic E-state index is 11.9. The Labute approximate surface area is 158 Å². The standard InChI is InChI=1S/C19H16N2O7/c1-26-12-5-3-10(16(9-12)27-2)7-13(18(22)23)17(19(24)25)11-4-6-14-15(8-11)21-28-20-14/h3-6,8-9H,7H2,1-2H3,(H,22,23)(H,24,25). The van der Waals surface area contributed by atoms with Gasteiger partial charge in [-0.3, -0.25) is 0 Å². The molecule has 2 N–H and O–H groups in total. The molecule has 0 saturated heterocycles. The van der Waals surface area contributed by atoms with E-state index in [1.165, 1.54) is 32.4 Å². The molecule has 0 bridgehead atoms. The third-order valence-corrected chi connectivity index (χ3v) is 4.18. The minimum Gasteiger partial charge on any atom is -0.497 e. The van der Waals surface area contributed by atoms with Crippen LogP contribution in [-0.4, -0.2) is 46.7 Å². The van der Waals surface area contributed by atoms with Crippen molar-refractivity contribution in [3.05, 3.63) is 53.1 Å². The summed E-state index contributed by atoms with van der Waals surface area (Å²) in [4.78, 5) is 23.9. The minimum atomic E-state index is -1.37. The third-order valence-electron chi connectivity index (χ3n) is 4.18. The van der Waals surface area contributed by atoms with Gasteiger partial charge >= 0.3 is 11.9 Å². The van der Waals surface area contributed by atoms with Crippen LogP contribution in [0, 0.1) is 0 Å². The van der Waals surface area contributed by atoms with E-state index in [-0.39, 0.29) is 23.1 Å². The van der Waals surface area contributed by atoms with Gasteiger partial charge in [0.2, 0.25) is 0 Å². The first-order valence-corrected chi connectivity index (χ1v) is 8.08. The van der Waals surface area contributed by atoms with Crippen LogP contribution in [0.15, 0.2) is 46.6 Å². The predicted octanol–water partition coefficient (Wildman–Crippen LogP) is 2.41. The van der Waals surface area contributed by atoms with Gasteiger partial charge in [-0.2, -0.15) is 0 Å². The highest BCUT2D eigenvalue weighted by atomic mass is 16.6. The van der Waals surface area contributed by atoms with Crippen LogP contribution >= 0.6 is 0 Å². The second-order valence-corrected chi connectivity index (χ2v) is 5.79. The number of carboxylic acid groups (broad SMARTS) is 2. The Bertz CT molecular complexity index is 1080. The molecule has 0 aliphatic rings. The van der Waals surface area contributed by atoms with E-state index in [9.17, 15) is 19.8 Å². The minimum absolute atomic E-state index is 0.167. The van der Waals surface area contributed by atoms with Crippen molar-refractivity contribution < 1.29 is 33.9 Å². The summed E-state index contributed by atoms with van der Waals surface area (Å²) in [5.41, 5.74) is 0.788. The van der Waals surface area contributed by atoms with E-state index < -0.39 is 11.9 Å². The fourth-order valence-electron chi connectivity index (χ4n) is 2.82. The quantitative estimate of drug-likeness (QED) is 0.589. The number of ether oxygens (including phenoxy) is 2. The van der Waals surface area contributed by atoms with E-state index in [2.05, 4.69) is 14.9 Å². The first-order chi connectivity index (χ1) is 13.4. The molecule has 9 nitrogen and oxygen atoms in total. The van der Waals surface area contributed by atoms with E-state index in [0.717, 1.165) is 0 Å². The largest absolute Gasteiger partial charge is 0.497 e. The Kier molecular flexibility index (Phi) is 5.25. The van der Waals surface area contributed by atoms with Gasteiger partial charge in [0, 0.05) is 12.5 Å². The molecule has 2 aromatic carbocycles. The number of fused-ring (bicyclic) bond motifs is 1. The molecule has 0 fully saturated rings. The number of benzene rings is 2. The lowest BCUT2D eigenvalue weighted by Gasteiger charge is -2.13. The molecule has 3 rings (SSSR count). The fourth-order valence-corrected chi connectivity index (χ4v) is 2.82. The summed E-state index contributed by atoms with van der Waals surface area (Å²) in [5, 5.41) is 26.8. The molecule has 3 aromatic rings. The summed E-state index contributed by atoms with van der Waals surface area (Å²) in [6.07, 6.45) is -0.167. The Morgan fingerprint density at radius 3 is 2.36 bits per heavy atom. The Morgan fingerprint density at radius 1 is 0.964 bits per heavy atom. The number of rotatable bonds is 7. The van der Waals surface area contributed by atoms with Gasteiger partial charge in [-0.15, -0.1) is 0 Å². The number of aromatic nitrogens is 2. The van der Waals surface area contributed by atoms with Crippen molar-refractivity contribution in [1.82, 2.24) is 10.3 Å². The van der Waals surface area contributed by atoms with Crippen LogP contribution in [0.1, 0.15) is 11.1 Å². The lowest BCUT2D eigenvalue weighted by molar-refractivity contribution is -0.134. The summed E-state index contributed by atoms with van der Waals surface area (Å²) < 4.78 is 15.0. The molecule has 28 heavy (non-hydrogen) atoms. The van der Waals surface area contributed by atoms with Crippen molar-refractivity contribution in [2.75, 3.05) is 14.2 Å². The normalized spacial score (nSPS) is 11.8. The third kappa shape index (κ3) is 3.63. The monoisotopic (exact) mass is 384 g/mol. The predicted molar refractivity (Wildman–Crippen MR) is 97.2 cm³/mol. The van der Waals surface area contributed by atoms with Crippen LogP contribution in [0.2, 0.25) is 0 Å². The van der Waals surface area contributed by atoms with Gasteiger partial charge in [-0.1, -0.05) is 12.1 Å². The molecule has 0 amide bonds. The summed E-state index contributed by atoms with van der Waals surface area (Å²) in [6, 6.07) is 9.27. The van der Waals surface area contributed by atoms with Crippen LogP contribution in [0.5, 0.6) is 11.5 Å². The van der Waals surface area contributed by atoms with Crippen LogP contribution in [0.4, 0.5) is 0 Å². The molecular formula is C19H16N2O7. The molecule has 9 heteroatoms. The average molecular weight is 384 g/mol. The zero-order chi connectivity index (χ0) is 20.3. The highest BCUT2D eigenvalue weighted by Crippen LogP contribution is 2.30. The van der Waals surface area contributed by atoms with E-state index in [0.29, 0.717) is 28.1 Å². The number of hydrogen-bond donors (Lipinski definition) is 2. The number of carboxylic acids is 2. The Balaban J connectivity index is 2.14. The van der Waals surface area contributed by atoms with Crippen LogP contribution in [0.3, 0.4) is 0 Å². The Hall–Kier alpha value is -3.88. The number of aliphatic carboxylic acids is 2. The molecule has 0 aliphatic heterocycles. The number of methoxy groups -OCH3 is 2. The van der Waals surface area contributed by atoms with Crippen LogP contribution < -0.4 is 9.47 Å². The summed E-state index contributed by atoms with van der Waals surface area (Å²) in [5.74, 6) is -1.81. The summed E-state index contributed by atoms with van der Waals surface area (Å²) in [6.45, 7) is 0. The second-order valence-electron chi connectivity index (χ2n) is 5.79. The van der Waals surface area contributed by atoms with Crippen molar-refractivity contribution in [3.8, 4) is 11.5 Å². The zero-order valence-electron chi connectivity index (χ0n) is 15.0. The molecule has 0 radical (unpaired) electrons. The maximum Gasteiger partial charge on any atom is 0.336 e. The van der Waals surface area contributed by atoms with Gasteiger partial charge in [-0.05, 0) is 39.6 Å². The SMILES string of the molecule is COc1ccc(CC(C(=O)O)=C(C(=O)O)c2ccc3nonc3c2)c(OC)c1. The first kappa shape index (κ1) is 18.9. The van der Waals surface area contributed by atoms with Gasteiger partial charge in [0.05, 0.1) is 25.4 Å². The highest BCUT2D eigenvalue weighted by molar-refractivity contribution is 6.22. The summed E-state index contributed by atoms with van der Waals surface area (Å²) >= 11 is 0. The van der Waals surface area contributed by atoms with Gasteiger partial charge in [0.15, 0.2) is 0 Å². The van der Waals surface area contributed by atoms with Crippen LogP contribution in [-0.2, 0) is 16.0 Å². The number of nitrogens with zero attached hydrogens (tertiary/aromatic N) is 2. The van der Waals surface area contributed by atoms with E-state index in [1.54, 1.807) is 18.2 Å². The van der Waals surface area contributed by atoms with E-state index in [1.807, 2.05) is 0 Å². The Morgan fingerprint density at radius 2 is 1.71 bits per heavy atom.